The summed E-state index contributed by atoms with van der Waals surface area (Å²) in [6.45, 7) is 11.1. The summed E-state index contributed by atoms with van der Waals surface area (Å²) in [5, 5.41) is 0. The highest BCUT2D eigenvalue weighted by atomic mass is 16.3. The van der Waals surface area contributed by atoms with Crippen LogP contribution >= 0.6 is 0 Å². The van der Waals surface area contributed by atoms with E-state index in [1.165, 1.54) is 19.3 Å². The summed E-state index contributed by atoms with van der Waals surface area (Å²) in [6, 6.07) is 4.44. The van der Waals surface area contributed by atoms with E-state index in [0.29, 0.717) is 0 Å². The fourth-order valence-electron chi connectivity index (χ4n) is 3.47. The molecule has 114 valence electrons. The second-order valence-corrected chi connectivity index (χ2v) is 6.72. The molecule has 2 N–H and O–H groups in total. The molecule has 0 aliphatic carbocycles. The van der Waals surface area contributed by atoms with Gasteiger partial charge >= 0.3 is 0 Å². The van der Waals surface area contributed by atoms with Crippen molar-refractivity contribution in [1.82, 2.24) is 4.90 Å². The number of nitrogens with two attached hydrogens (primary N) is 1. The van der Waals surface area contributed by atoms with Crippen molar-refractivity contribution < 1.29 is 4.42 Å². The van der Waals surface area contributed by atoms with Crippen LogP contribution in [0.15, 0.2) is 16.5 Å². The predicted molar refractivity (Wildman–Crippen MR) is 83.6 cm³/mol. The molecule has 1 fully saturated rings. The molecule has 0 aromatic carbocycles. The van der Waals surface area contributed by atoms with E-state index in [0.717, 1.165) is 36.4 Å². The average Bonchev–Trinajstić information content (AvgIpc) is 2.63. The van der Waals surface area contributed by atoms with Crippen LogP contribution in [0.3, 0.4) is 0 Å². The zero-order chi connectivity index (χ0) is 14.7. The number of likely N-dealkylation sites (tertiary alicyclic amines) is 1. The zero-order valence-corrected chi connectivity index (χ0v) is 13.4. The Balaban J connectivity index is 2.10. The van der Waals surface area contributed by atoms with Crippen molar-refractivity contribution in [3.05, 3.63) is 23.7 Å². The average molecular weight is 278 g/mol. The summed E-state index contributed by atoms with van der Waals surface area (Å²) < 4.78 is 5.85. The molecule has 0 amide bonds. The van der Waals surface area contributed by atoms with E-state index >= 15 is 0 Å². The minimum Gasteiger partial charge on any atom is -0.465 e. The van der Waals surface area contributed by atoms with E-state index in [1.807, 2.05) is 13.0 Å². The predicted octanol–water partition coefficient (Wildman–Crippen LogP) is 3.73. The van der Waals surface area contributed by atoms with E-state index in [9.17, 15) is 0 Å². The summed E-state index contributed by atoms with van der Waals surface area (Å²) in [5.74, 6) is 3.64. The van der Waals surface area contributed by atoms with Gasteiger partial charge in [-0.05, 0) is 70.2 Å². The van der Waals surface area contributed by atoms with Gasteiger partial charge in [0.1, 0.15) is 11.5 Å². The Morgan fingerprint density at radius 2 is 1.95 bits per heavy atom. The number of hydrogen-bond donors (Lipinski definition) is 1. The Kier molecular flexibility index (Phi) is 5.28. The first-order valence-corrected chi connectivity index (χ1v) is 8.05. The molecule has 1 aromatic rings. The first-order valence-electron chi connectivity index (χ1n) is 8.05. The van der Waals surface area contributed by atoms with Gasteiger partial charge in [0.15, 0.2) is 0 Å². The lowest BCUT2D eigenvalue weighted by Gasteiger charge is -2.32. The van der Waals surface area contributed by atoms with E-state index in [1.54, 1.807) is 0 Å². The maximum Gasteiger partial charge on any atom is 0.122 e. The number of furan rings is 1. The molecule has 0 saturated carbocycles. The molecule has 3 nitrogen and oxygen atoms in total. The molecule has 3 unspecified atom stereocenters. The van der Waals surface area contributed by atoms with Crippen LogP contribution in [0.1, 0.15) is 57.6 Å². The van der Waals surface area contributed by atoms with Gasteiger partial charge in [0.2, 0.25) is 0 Å². The number of rotatable bonds is 4. The highest BCUT2D eigenvalue weighted by Crippen LogP contribution is 2.31. The van der Waals surface area contributed by atoms with Crippen LogP contribution in [0.4, 0.5) is 0 Å². The van der Waals surface area contributed by atoms with Crippen molar-refractivity contribution >= 4 is 0 Å². The largest absolute Gasteiger partial charge is 0.465 e. The highest BCUT2D eigenvalue weighted by Gasteiger charge is 2.29. The summed E-state index contributed by atoms with van der Waals surface area (Å²) in [7, 11) is 0. The molecule has 1 aliphatic heterocycles. The second-order valence-electron chi connectivity index (χ2n) is 6.72. The van der Waals surface area contributed by atoms with Crippen LogP contribution in [0.2, 0.25) is 0 Å². The monoisotopic (exact) mass is 278 g/mol. The molecule has 3 heteroatoms. The lowest BCUT2D eigenvalue weighted by molar-refractivity contribution is 0.156. The topological polar surface area (TPSA) is 42.4 Å². The Hall–Kier alpha value is -0.800. The number of hydrogen-bond acceptors (Lipinski definition) is 3. The number of aryl methyl sites for hydroxylation is 1. The summed E-state index contributed by atoms with van der Waals surface area (Å²) in [4.78, 5) is 2.53. The van der Waals surface area contributed by atoms with Crippen molar-refractivity contribution in [2.75, 3.05) is 13.1 Å². The van der Waals surface area contributed by atoms with Crippen LogP contribution in [-0.4, -0.2) is 24.0 Å². The first-order chi connectivity index (χ1) is 9.49. The Morgan fingerprint density at radius 3 is 2.50 bits per heavy atom. The lowest BCUT2D eigenvalue weighted by atomic mass is 9.89. The molecule has 1 aliphatic rings. The van der Waals surface area contributed by atoms with Crippen LogP contribution in [0.5, 0.6) is 0 Å². The Bertz CT molecular complexity index is 411. The maximum absolute atomic E-state index is 6.25. The molecule has 1 saturated heterocycles. The van der Waals surface area contributed by atoms with Crippen molar-refractivity contribution in [2.24, 2.45) is 17.6 Å². The molecule has 3 atom stereocenters. The molecule has 2 rings (SSSR count). The van der Waals surface area contributed by atoms with Crippen LogP contribution < -0.4 is 5.73 Å². The zero-order valence-electron chi connectivity index (χ0n) is 13.4. The molecule has 0 bridgehead atoms. The highest BCUT2D eigenvalue weighted by molar-refractivity contribution is 5.12. The molecule has 0 spiro atoms. The summed E-state index contributed by atoms with van der Waals surface area (Å²) >= 11 is 0. The quantitative estimate of drug-likeness (QED) is 0.912. The number of nitrogens with zero attached hydrogens (tertiary/aromatic N) is 1. The third-order valence-corrected chi connectivity index (χ3v) is 4.69. The van der Waals surface area contributed by atoms with E-state index in [4.69, 9.17) is 10.2 Å². The SMILES string of the molecule is Cc1ccc(C(C(C)N)N2CCCC(C(C)C)CC2)o1. The van der Waals surface area contributed by atoms with Gasteiger partial charge in [0.25, 0.3) is 0 Å². The standard InChI is InChI=1S/C17H30N2O/c1-12(2)15-6-5-10-19(11-9-15)17(14(4)18)16-8-7-13(3)20-16/h7-8,12,14-15,17H,5-6,9-11,18H2,1-4H3. The smallest absolute Gasteiger partial charge is 0.122 e. The normalized spacial score (nSPS) is 24.6. The van der Waals surface area contributed by atoms with Crippen LogP contribution in [-0.2, 0) is 0 Å². The maximum atomic E-state index is 6.25. The molecule has 20 heavy (non-hydrogen) atoms. The molecule has 2 heterocycles. The molecular weight excluding hydrogens is 248 g/mol. The van der Waals surface area contributed by atoms with E-state index in [-0.39, 0.29) is 12.1 Å². The Morgan fingerprint density at radius 1 is 1.20 bits per heavy atom. The first kappa shape index (κ1) is 15.6. The Labute approximate surface area is 123 Å². The van der Waals surface area contributed by atoms with Gasteiger partial charge in [-0.15, -0.1) is 0 Å². The van der Waals surface area contributed by atoms with Crippen molar-refractivity contribution in [3.8, 4) is 0 Å². The van der Waals surface area contributed by atoms with E-state index < -0.39 is 0 Å². The fraction of sp³-hybridized carbons (Fsp3) is 0.765. The van der Waals surface area contributed by atoms with Gasteiger partial charge in [-0.25, -0.2) is 0 Å². The van der Waals surface area contributed by atoms with Gasteiger partial charge in [-0.3, -0.25) is 4.90 Å². The lowest BCUT2D eigenvalue weighted by Crippen LogP contribution is -2.40. The minimum atomic E-state index is 0.0937. The molecule has 0 radical (unpaired) electrons. The minimum absolute atomic E-state index is 0.0937. The van der Waals surface area contributed by atoms with Gasteiger partial charge in [0, 0.05) is 6.04 Å². The van der Waals surface area contributed by atoms with Crippen LogP contribution in [0.25, 0.3) is 0 Å². The summed E-state index contributed by atoms with van der Waals surface area (Å²) in [6.07, 6.45) is 3.89. The third-order valence-electron chi connectivity index (χ3n) is 4.69. The van der Waals surface area contributed by atoms with Gasteiger partial charge in [-0.1, -0.05) is 13.8 Å². The van der Waals surface area contributed by atoms with Crippen molar-refractivity contribution in [1.29, 1.82) is 0 Å². The van der Waals surface area contributed by atoms with E-state index in [2.05, 4.69) is 31.7 Å². The molecule has 1 aromatic heterocycles. The summed E-state index contributed by atoms with van der Waals surface area (Å²) in [5.41, 5.74) is 6.25. The van der Waals surface area contributed by atoms with Crippen LogP contribution in [0, 0.1) is 18.8 Å². The molecular formula is C17H30N2O. The van der Waals surface area contributed by atoms with Crippen molar-refractivity contribution in [2.45, 2.75) is 59.0 Å². The second kappa shape index (κ2) is 6.77. The van der Waals surface area contributed by atoms with Gasteiger partial charge in [0.05, 0.1) is 6.04 Å². The van der Waals surface area contributed by atoms with Gasteiger partial charge < -0.3 is 10.2 Å². The van der Waals surface area contributed by atoms with Crippen molar-refractivity contribution in [3.63, 3.8) is 0 Å². The van der Waals surface area contributed by atoms with Gasteiger partial charge in [-0.2, -0.15) is 0 Å². The third kappa shape index (κ3) is 3.64. The fourth-order valence-corrected chi connectivity index (χ4v) is 3.47.